The van der Waals surface area contributed by atoms with Gasteiger partial charge in [-0.15, -0.1) is 0 Å². The fourth-order valence-electron chi connectivity index (χ4n) is 5.47. The fraction of sp³-hybridized carbons (Fsp3) is 0.560. The number of carbonyl (C=O) groups excluding carboxylic acids is 1. The molecule has 3 aliphatic heterocycles. The molecule has 1 aromatic heterocycles. The molecule has 5 rings (SSSR count). The van der Waals surface area contributed by atoms with E-state index in [9.17, 15) is 4.79 Å². The van der Waals surface area contributed by atoms with Gasteiger partial charge in [-0.1, -0.05) is 0 Å². The number of rotatable bonds is 4. The summed E-state index contributed by atoms with van der Waals surface area (Å²) < 4.78 is 8.46. The third-order valence-electron chi connectivity index (χ3n) is 7.24. The molecule has 0 radical (unpaired) electrons. The van der Waals surface area contributed by atoms with E-state index in [1.165, 1.54) is 0 Å². The Morgan fingerprint density at radius 1 is 1.06 bits per heavy atom. The highest BCUT2D eigenvalue weighted by molar-refractivity contribution is 5.94. The van der Waals surface area contributed by atoms with Crippen LogP contribution in [0.15, 0.2) is 48.8 Å². The van der Waals surface area contributed by atoms with Gasteiger partial charge in [0.15, 0.2) is 0 Å². The highest BCUT2D eigenvalue weighted by Gasteiger charge is 2.44. The number of benzene rings is 1. The first-order chi connectivity index (χ1) is 15.1. The maximum atomic E-state index is 13.2. The summed E-state index contributed by atoms with van der Waals surface area (Å²) in [6, 6.07) is 11.9. The van der Waals surface area contributed by atoms with Crippen molar-refractivity contribution in [2.24, 2.45) is 5.92 Å². The van der Waals surface area contributed by atoms with Crippen molar-refractivity contribution in [1.29, 1.82) is 0 Å². The number of amides is 1. The Kier molecular flexibility index (Phi) is 5.87. The van der Waals surface area contributed by atoms with Crippen molar-refractivity contribution >= 4 is 5.91 Å². The summed E-state index contributed by atoms with van der Waals surface area (Å²) in [6.45, 7) is 8.14. The summed E-state index contributed by atoms with van der Waals surface area (Å²) in [6.07, 6.45) is 7.20. The Labute approximate surface area is 185 Å². The second-order valence-electron chi connectivity index (χ2n) is 9.64. The molecular weight excluding hydrogens is 388 g/mol. The van der Waals surface area contributed by atoms with Crippen LogP contribution >= 0.6 is 0 Å². The summed E-state index contributed by atoms with van der Waals surface area (Å²) in [5.41, 5.74) is 1.69. The van der Waals surface area contributed by atoms with Gasteiger partial charge in [-0.25, -0.2) is 0 Å². The van der Waals surface area contributed by atoms with Gasteiger partial charge in [0.1, 0.15) is 0 Å². The third-order valence-corrected chi connectivity index (χ3v) is 7.24. The van der Waals surface area contributed by atoms with Gasteiger partial charge in [0.2, 0.25) is 0 Å². The molecule has 3 aliphatic rings. The van der Waals surface area contributed by atoms with E-state index < -0.39 is 0 Å². The number of hydrogen-bond acceptors (Lipinski definition) is 4. The number of hydrogen-bond donors (Lipinski definition) is 0. The average Bonchev–Trinajstić information content (AvgIpc) is 3.46. The molecule has 6 nitrogen and oxygen atoms in total. The van der Waals surface area contributed by atoms with Crippen LogP contribution in [0.2, 0.25) is 0 Å². The van der Waals surface area contributed by atoms with Crippen molar-refractivity contribution in [2.75, 3.05) is 59.5 Å². The van der Waals surface area contributed by atoms with Crippen LogP contribution in [-0.2, 0) is 4.74 Å². The Balaban J connectivity index is 1.19. The molecule has 31 heavy (non-hydrogen) atoms. The molecule has 0 N–H and O–H groups in total. The molecule has 6 heteroatoms. The van der Waals surface area contributed by atoms with E-state index in [-0.39, 0.29) is 11.5 Å². The maximum absolute atomic E-state index is 13.2. The lowest BCUT2D eigenvalue weighted by molar-refractivity contribution is -0.0450. The largest absolute Gasteiger partial charge is 0.373 e. The smallest absolute Gasteiger partial charge is 0.253 e. The first kappa shape index (κ1) is 20.7. The van der Waals surface area contributed by atoms with Gasteiger partial charge < -0.3 is 24.0 Å². The molecule has 2 aromatic rings. The average molecular weight is 423 g/mol. The van der Waals surface area contributed by atoms with Gasteiger partial charge in [-0.2, -0.15) is 0 Å². The molecule has 0 aliphatic carbocycles. The predicted octanol–water partition coefficient (Wildman–Crippen LogP) is 2.74. The van der Waals surface area contributed by atoms with Crippen LogP contribution in [-0.4, -0.2) is 90.2 Å². The van der Waals surface area contributed by atoms with Gasteiger partial charge in [0.05, 0.1) is 12.2 Å². The van der Waals surface area contributed by atoms with Crippen molar-refractivity contribution in [3.05, 3.63) is 54.4 Å². The molecule has 1 amide bonds. The molecule has 1 spiro atoms. The first-order valence-electron chi connectivity index (χ1n) is 11.7. The molecule has 3 fully saturated rings. The minimum Gasteiger partial charge on any atom is -0.373 e. The quantitative estimate of drug-likeness (QED) is 0.760. The molecule has 2 atom stereocenters. The van der Waals surface area contributed by atoms with Crippen molar-refractivity contribution in [2.45, 2.75) is 24.9 Å². The number of piperidine rings is 1. The van der Waals surface area contributed by atoms with E-state index in [0.717, 1.165) is 82.9 Å². The van der Waals surface area contributed by atoms with Crippen LogP contribution in [0.25, 0.3) is 5.69 Å². The molecule has 3 saturated heterocycles. The van der Waals surface area contributed by atoms with Gasteiger partial charge in [-0.3, -0.25) is 4.79 Å². The van der Waals surface area contributed by atoms with Gasteiger partial charge >= 0.3 is 0 Å². The number of piperazine rings is 1. The molecule has 4 heterocycles. The Morgan fingerprint density at radius 3 is 2.55 bits per heavy atom. The summed E-state index contributed by atoms with van der Waals surface area (Å²) in [7, 11) is 2.20. The van der Waals surface area contributed by atoms with Gasteiger partial charge in [0.25, 0.3) is 5.91 Å². The number of carbonyl (C=O) groups is 1. The lowest BCUT2D eigenvalue weighted by Crippen LogP contribution is -2.50. The first-order valence-corrected chi connectivity index (χ1v) is 11.7. The zero-order chi connectivity index (χ0) is 21.3. The number of likely N-dealkylation sites (tertiary alicyclic amines) is 1. The monoisotopic (exact) mass is 422 g/mol. The Morgan fingerprint density at radius 2 is 1.81 bits per heavy atom. The molecule has 0 unspecified atom stereocenters. The van der Waals surface area contributed by atoms with E-state index in [4.69, 9.17) is 4.74 Å². The third kappa shape index (κ3) is 4.56. The van der Waals surface area contributed by atoms with Crippen LogP contribution in [0.5, 0.6) is 0 Å². The molecule has 0 bridgehead atoms. The predicted molar refractivity (Wildman–Crippen MR) is 122 cm³/mol. The molecule has 166 valence electrons. The van der Waals surface area contributed by atoms with E-state index >= 15 is 0 Å². The highest BCUT2D eigenvalue weighted by atomic mass is 16.5. The van der Waals surface area contributed by atoms with Crippen LogP contribution in [0, 0.1) is 5.92 Å². The lowest BCUT2D eigenvalue weighted by Gasteiger charge is -2.40. The van der Waals surface area contributed by atoms with Crippen LogP contribution in [0.3, 0.4) is 0 Å². The SMILES string of the molecule is CN1CCN(C[C@H]2CO[C@]3(CCCN(C(=O)c4ccc(-n5cccc5)cc4)C3)C2)CC1. The summed E-state index contributed by atoms with van der Waals surface area (Å²) in [5, 5.41) is 0. The molecule has 1 aromatic carbocycles. The van der Waals surface area contributed by atoms with E-state index in [0.29, 0.717) is 5.92 Å². The minimum absolute atomic E-state index is 0.129. The maximum Gasteiger partial charge on any atom is 0.253 e. The highest BCUT2D eigenvalue weighted by Crippen LogP contribution is 2.38. The summed E-state index contributed by atoms with van der Waals surface area (Å²) in [4.78, 5) is 20.2. The number of ether oxygens (including phenoxy) is 1. The molecular formula is C25H34N4O2. The minimum atomic E-state index is -0.143. The Bertz CT molecular complexity index is 873. The van der Waals surface area contributed by atoms with Gasteiger partial charge in [-0.05, 0) is 68.6 Å². The lowest BCUT2D eigenvalue weighted by atomic mass is 9.86. The van der Waals surface area contributed by atoms with Crippen LogP contribution < -0.4 is 0 Å². The van der Waals surface area contributed by atoms with E-state index in [2.05, 4.69) is 21.4 Å². The normalized spacial score (nSPS) is 27.8. The van der Waals surface area contributed by atoms with Crippen molar-refractivity contribution in [3.63, 3.8) is 0 Å². The van der Waals surface area contributed by atoms with Gasteiger partial charge in [0, 0.05) is 69.5 Å². The van der Waals surface area contributed by atoms with E-state index in [1.807, 2.05) is 53.7 Å². The van der Waals surface area contributed by atoms with Crippen molar-refractivity contribution in [3.8, 4) is 5.69 Å². The number of likely N-dealkylation sites (N-methyl/N-ethyl adjacent to an activating group) is 1. The number of nitrogens with zero attached hydrogens (tertiary/aromatic N) is 4. The standard InChI is InChI=1S/C25H34N4O2/c1-26-13-15-27(16-14-26)18-21-17-25(31-19-21)9-4-12-29(20-25)24(30)22-5-7-23(8-6-22)28-10-2-3-11-28/h2-3,5-8,10-11,21H,4,9,12-20H2,1H3/t21-,25+/m0/s1. The number of aromatic nitrogens is 1. The second-order valence-corrected chi connectivity index (χ2v) is 9.64. The van der Waals surface area contributed by atoms with Crippen LogP contribution in [0.4, 0.5) is 0 Å². The zero-order valence-corrected chi connectivity index (χ0v) is 18.6. The molecule has 0 saturated carbocycles. The fourth-order valence-corrected chi connectivity index (χ4v) is 5.47. The van der Waals surface area contributed by atoms with Crippen molar-refractivity contribution < 1.29 is 9.53 Å². The summed E-state index contributed by atoms with van der Waals surface area (Å²) in [5.74, 6) is 0.712. The topological polar surface area (TPSA) is 41.0 Å². The second kappa shape index (κ2) is 8.77. The van der Waals surface area contributed by atoms with Crippen LogP contribution in [0.1, 0.15) is 29.6 Å². The zero-order valence-electron chi connectivity index (χ0n) is 18.6. The summed E-state index contributed by atoms with van der Waals surface area (Å²) >= 11 is 0. The van der Waals surface area contributed by atoms with Crippen molar-refractivity contribution in [1.82, 2.24) is 19.3 Å². The van der Waals surface area contributed by atoms with E-state index in [1.54, 1.807) is 0 Å². The Hall–Kier alpha value is -2.15.